The Bertz CT molecular complexity index is 1130. The summed E-state index contributed by atoms with van der Waals surface area (Å²) in [6.07, 6.45) is 11.4. The van der Waals surface area contributed by atoms with Crippen LogP contribution in [0.2, 0.25) is 0 Å². The molecule has 0 aliphatic carbocycles. The molecule has 1 aromatic heterocycles. The van der Waals surface area contributed by atoms with Crippen LogP contribution in [0.3, 0.4) is 0 Å². The zero-order chi connectivity index (χ0) is 27.2. The van der Waals surface area contributed by atoms with Gasteiger partial charge in [-0.1, -0.05) is 75.6 Å². The van der Waals surface area contributed by atoms with Gasteiger partial charge in [0, 0.05) is 24.6 Å². The third-order valence-corrected chi connectivity index (χ3v) is 6.67. The second-order valence-electron chi connectivity index (χ2n) is 9.88. The fourth-order valence-corrected chi connectivity index (χ4v) is 4.52. The number of hydrogen-bond donors (Lipinski definition) is 1. The van der Waals surface area contributed by atoms with E-state index >= 15 is 0 Å². The zero-order valence-corrected chi connectivity index (χ0v) is 23.2. The summed E-state index contributed by atoms with van der Waals surface area (Å²) in [7, 11) is 0. The normalized spacial score (nSPS) is 12.0. The van der Waals surface area contributed by atoms with Crippen LogP contribution in [0.25, 0.3) is 10.9 Å². The summed E-state index contributed by atoms with van der Waals surface area (Å²) in [4.78, 5) is 16.0. The molecule has 0 aliphatic rings. The van der Waals surface area contributed by atoms with Gasteiger partial charge in [0.05, 0.1) is 17.7 Å². The molecule has 6 nitrogen and oxygen atoms in total. The lowest BCUT2D eigenvalue weighted by atomic mass is 10.1. The highest BCUT2D eigenvalue weighted by Gasteiger charge is 2.18. The van der Waals surface area contributed by atoms with Gasteiger partial charge in [-0.25, -0.2) is 4.79 Å². The molecule has 1 atom stereocenters. The number of pyridine rings is 1. The lowest BCUT2D eigenvalue weighted by molar-refractivity contribution is -0.149. The van der Waals surface area contributed by atoms with Crippen LogP contribution in [0, 0.1) is 6.92 Å². The predicted octanol–water partition coefficient (Wildman–Crippen LogP) is 7.67. The summed E-state index contributed by atoms with van der Waals surface area (Å²) in [5.74, 6) is 0.598. The van der Waals surface area contributed by atoms with Gasteiger partial charge in [-0.05, 0) is 50.1 Å². The molecule has 206 valence electrons. The Morgan fingerprint density at radius 1 is 0.921 bits per heavy atom. The van der Waals surface area contributed by atoms with Crippen LogP contribution >= 0.6 is 0 Å². The van der Waals surface area contributed by atoms with Crippen molar-refractivity contribution in [3.8, 4) is 11.5 Å². The topological polar surface area (TPSA) is 77.9 Å². The van der Waals surface area contributed by atoms with Gasteiger partial charge in [0.25, 0.3) is 0 Å². The number of carbonyl (C=O) groups is 1. The van der Waals surface area contributed by atoms with Gasteiger partial charge in [-0.2, -0.15) is 0 Å². The van der Waals surface area contributed by atoms with E-state index in [-0.39, 0.29) is 0 Å². The van der Waals surface area contributed by atoms with Crippen LogP contribution in [0.5, 0.6) is 11.5 Å². The second-order valence-corrected chi connectivity index (χ2v) is 9.88. The standard InChI is InChI=1S/C32H43NO5/c1-4-6-7-8-9-10-11-12-19-37-31-26(22-33-29-18-13-24(3)20-28(29)31)23-38-27-16-14-25(15-17-27)21-30(32(34)35)36-5-2/h13-18,20,22,30H,4-12,19,21,23H2,1-3H3,(H,34,35). The minimum atomic E-state index is -0.953. The highest BCUT2D eigenvalue weighted by atomic mass is 16.5. The molecule has 1 N–H and O–H groups in total. The van der Waals surface area contributed by atoms with Crippen molar-refractivity contribution in [2.45, 2.75) is 91.3 Å². The number of aliphatic carboxylic acids is 1. The lowest BCUT2D eigenvalue weighted by Gasteiger charge is -2.16. The number of nitrogens with zero attached hydrogens (tertiary/aromatic N) is 1. The van der Waals surface area contributed by atoms with E-state index in [0.29, 0.717) is 32.0 Å². The number of fused-ring (bicyclic) bond motifs is 1. The first kappa shape index (κ1) is 29.4. The van der Waals surface area contributed by atoms with Gasteiger partial charge in [0.2, 0.25) is 0 Å². The molecule has 0 radical (unpaired) electrons. The summed E-state index contributed by atoms with van der Waals surface area (Å²) in [5, 5.41) is 10.3. The number of aromatic nitrogens is 1. The number of hydrogen-bond acceptors (Lipinski definition) is 5. The Hall–Kier alpha value is -3.12. The molecule has 0 saturated heterocycles. The largest absolute Gasteiger partial charge is 0.492 e. The number of benzene rings is 2. The van der Waals surface area contributed by atoms with E-state index in [1.54, 1.807) is 6.92 Å². The van der Waals surface area contributed by atoms with Crippen LogP contribution < -0.4 is 9.47 Å². The number of carboxylic acids is 1. The number of unbranched alkanes of at least 4 members (excludes halogenated alkanes) is 7. The third kappa shape index (κ3) is 9.32. The van der Waals surface area contributed by atoms with Crippen molar-refractivity contribution < 1.29 is 24.1 Å². The number of rotatable bonds is 18. The molecule has 3 aromatic rings. The minimum absolute atomic E-state index is 0.314. The van der Waals surface area contributed by atoms with E-state index in [4.69, 9.17) is 14.2 Å². The maximum absolute atomic E-state index is 11.4. The Morgan fingerprint density at radius 2 is 1.63 bits per heavy atom. The molecule has 0 spiro atoms. The van der Waals surface area contributed by atoms with Crippen molar-refractivity contribution in [2.24, 2.45) is 0 Å². The molecule has 38 heavy (non-hydrogen) atoms. The average molecular weight is 522 g/mol. The Kier molecular flexibility index (Phi) is 12.4. The smallest absolute Gasteiger partial charge is 0.333 e. The molecule has 0 fully saturated rings. The predicted molar refractivity (Wildman–Crippen MR) is 152 cm³/mol. The van der Waals surface area contributed by atoms with Crippen molar-refractivity contribution in [3.63, 3.8) is 0 Å². The van der Waals surface area contributed by atoms with E-state index in [9.17, 15) is 9.90 Å². The highest BCUT2D eigenvalue weighted by molar-refractivity contribution is 5.86. The highest BCUT2D eigenvalue weighted by Crippen LogP contribution is 2.31. The van der Waals surface area contributed by atoms with Gasteiger partial charge in [-0.15, -0.1) is 0 Å². The van der Waals surface area contributed by atoms with Crippen molar-refractivity contribution >= 4 is 16.9 Å². The second kappa shape index (κ2) is 16.0. The quantitative estimate of drug-likeness (QED) is 0.173. The fraction of sp³-hybridized carbons (Fsp3) is 0.500. The first-order chi connectivity index (χ1) is 18.5. The van der Waals surface area contributed by atoms with Crippen LogP contribution in [-0.2, 0) is 22.6 Å². The van der Waals surface area contributed by atoms with E-state index in [1.807, 2.05) is 36.5 Å². The SMILES string of the molecule is CCCCCCCCCCOc1c(COc2ccc(CC(OCC)C(=O)O)cc2)cnc2ccc(C)cc12. The van der Waals surface area contributed by atoms with Crippen LogP contribution in [-0.4, -0.2) is 35.4 Å². The minimum Gasteiger partial charge on any atom is -0.492 e. The summed E-state index contributed by atoms with van der Waals surface area (Å²) >= 11 is 0. The van der Waals surface area contributed by atoms with Crippen molar-refractivity contribution in [3.05, 3.63) is 65.4 Å². The van der Waals surface area contributed by atoms with Crippen LogP contribution in [0.15, 0.2) is 48.7 Å². The van der Waals surface area contributed by atoms with Crippen molar-refractivity contribution in [2.75, 3.05) is 13.2 Å². The van der Waals surface area contributed by atoms with E-state index in [2.05, 4.69) is 31.0 Å². The molecule has 0 saturated carbocycles. The summed E-state index contributed by atoms with van der Waals surface area (Å²) in [6.45, 7) is 7.49. The Labute approximate surface area is 227 Å². The summed E-state index contributed by atoms with van der Waals surface area (Å²) in [5.41, 5.74) is 3.87. The molecule has 1 heterocycles. The van der Waals surface area contributed by atoms with E-state index in [0.717, 1.165) is 39.8 Å². The monoisotopic (exact) mass is 521 g/mol. The van der Waals surface area contributed by atoms with E-state index in [1.165, 1.54) is 44.9 Å². The Balaban J connectivity index is 1.61. The van der Waals surface area contributed by atoms with Gasteiger partial charge in [0.15, 0.2) is 6.10 Å². The molecule has 1 unspecified atom stereocenters. The number of carboxylic acid groups (broad SMARTS) is 1. The molecular formula is C32H43NO5. The zero-order valence-electron chi connectivity index (χ0n) is 23.2. The summed E-state index contributed by atoms with van der Waals surface area (Å²) < 4.78 is 17.8. The van der Waals surface area contributed by atoms with Crippen LogP contribution in [0.1, 0.15) is 81.9 Å². The number of ether oxygens (including phenoxy) is 3. The summed E-state index contributed by atoms with van der Waals surface area (Å²) in [6, 6.07) is 13.7. The molecule has 6 heteroatoms. The van der Waals surface area contributed by atoms with Gasteiger partial charge < -0.3 is 19.3 Å². The van der Waals surface area contributed by atoms with Crippen LogP contribution in [0.4, 0.5) is 0 Å². The fourth-order valence-electron chi connectivity index (χ4n) is 4.52. The first-order valence-corrected chi connectivity index (χ1v) is 14.1. The van der Waals surface area contributed by atoms with Gasteiger partial charge in [-0.3, -0.25) is 4.98 Å². The lowest BCUT2D eigenvalue weighted by Crippen LogP contribution is -2.26. The van der Waals surface area contributed by atoms with Gasteiger partial charge in [0.1, 0.15) is 18.1 Å². The molecule has 0 amide bonds. The third-order valence-electron chi connectivity index (χ3n) is 6.67. The molecule has 2 aromatic carbocycles. The first-order valence-electron chi connectivity index (χ1n) is 14.1. The maximum Gasteiger partial charge on any atom is 0.333 e. The van der Waals surface area contributed by atoms with E-state index < -0.39 is 12.1 Å². The average Bonchev–Trinajstić information content (AvgIpc) is 2.91. The molecular weight excluding hydrogens is 478 g/mol. The van der Waals surface area contributed by atoms with Crippen molar-refractivity contribution in [1.29, 1.82) is 0 Å². The molecule has 3 rings (SSSR count). The Morgan fingerprint density at radius 3 is 2.32 bits per heavy atom. The maximum atomic E-state index is 11.4. The van der Waals surface area contributed by atoms with Crippen molar-refractivity contribution in [1.82, 2.24) is 4.98 Å². The molecule has 0 bridgehead atoms. The molecule has 0 aliphatic heterocycles. The van der Waals surface area contributed by atoms with Gasteiger partial charge >= 0.3 is 5.97 Å². The number of aryl methyl sites for hydroxylation is 1.